The molecule has 0 amide bonds. The summed E-state index contributed by atoms with van der Waals surface area (Å²) in [5.74, 6) is 3.68. The van der Waals surface area contributed by atoms with Gasteiger partial charge in [0.05, 0.1) is 17.8 Å². The molecule has 0 heterocycles. The van der Waals surface area contributed by atoms with E-state index in [2.05, 4.69) is 11.8 Å². The summed E-state index contributed by atoms with van der Waals surface area (Å²) >= 11 is 0. The van der Waals surface area contributed by atoms with Crippen LogP contribution in [0.1, 0.15) is 63.4 Å². The van der Waals surface area contributed by atoms with E-state index in [1.807, 2.05) is 0 Å². The number of aliphatic hydroxyl groups is 3. The number of rotatable bonds is 10. The van der Waals surface area contributed by atoms with Crippen molar-refractivity contribution in [3.05, 3.63) is 35.6 Å². The predicted octanol–water partition coefficient (Wildman–Crippen LogP) is 1.77. The van der Waals surface area contributed by atoms with Gasteiger partial charge in [0.25, 0.3) is 0 Å². The topological polar surface area (TPSA) is 101 Å². The Hall–Kier alpha value is -1.94. The molecule has 0 aliphatic heterocycles. The minimum absolute atomic E-state index is 0.0436. The van der Waals surface area contributed by atoms with Crippen LogP contribution in [0.15, 0.2) is 24.3 Å². The van der Waals surface area contributed by atoms with Crippen molar-refractivity contribution in [1.29, 1.82) is 0 Å². The van der Waals surface area contributed by atoms with Gasteiger partial charge in [0.2, 0.25) is 0 Å². The fourth-order valence-corrected chi connectivity index (χ4v) is 4.13. The maximum atomic E-state index is 13.6. The lowest BCUT2D eigenvalue weighted by molar-refractivity contribution is -0.305. The van der Waals surface area contributed by atoms with Crippen molar-refractivity contribution in [2.24, 2.45) is 11.8 Å². The lowest BCUT2D eigenvalue weighted by Crippen LogP contribution is -2.23. The van der Waals surface area contributed by atoms with Crippen LogP contribution >= 0.6 is 0 Å². The van der Waals surface area contributed by atoms with Gasteiger partial charge in [0.1, 0.15) is 11.9 Å². The van der Waals surface area contributed by atoms with Crippen molar-refractivity contribution < 1.29 is 29.6 Å². The molecule has 1 aliphatic rings. The third kappa shape index (κ3) is 7.77. The second-order valence-electron chi connectivity index (χ2n) is 7.87. The lowest BCUT2D eigenvalue weighted by Gasteiger charge is -2.24. The third-order valence-corrected chi connectivity index (χ3v) is 5.71. The van der Waals surface area contributed by atoms with Crippen LogP contribution in [0.5, 0.6) is 0 Å². The number of carbonyl (C=O) groups is 1. The summed E-state index contributed by atoms with van der Waals surface area (Å²) in [6.45, 7) is 0. The monoisotopic (exact) mass is 405 g/mol. The average molecular weight is 405 g/mol. The molecular formula is C23H30FO5-. The van der Waals surface area contributed by atoms with Crippen molar-refractivity contribution >= 4 is 5.97 Å². The van der Waals surface area contributed by atoms with Gasteiger partial charge in [-0.15, -0.1) is 0 Å². The Labute approximate surface area is 171 Å². The highest BCUT2D eigenvalue weighted by molar-refractivity contribution is 5.64. The predicted molar refractivity (Wildman–Crippen MR) is 105 cm³/mol. The van der Waals surface area contributed by atoms with Gasteiger partial charge in [0.15, 0.2) is 0 Å². The molecule has 1 aliphatic carbocycles. The molecule has 0 bridgehead atoms. The first-order chi connectivity index (χ1) is 13.9. The van der Waals surface area contributed by atoms with Crippen LogP contribution in [0, 0.1) is 29.5 Å². The number of unbranched alkanes of at least 4 members (excludes halogenated alkanes) is 3. The van der Waals surface area contributed by atoms with E-state index < -0.39 is 30.1 Å². The molecule has 1 aromatic rings. The van der Waals surface area contributed by atoms with Gasteiger partial charge < -0.3 is 25.2 Å². The smallest absolute Gasteiger partial charge is 0.138 e. The minimum Gasteiger partial charge on any atom is -0.550 e. The third-order valence-electron chi connectivity index (χ3n) is 5.71. The van der Waals surface area contributed by atoms with Crippen LogP contribution in [-0.4, -0.2) is 39.6 Å². The summed E-state index contributed by atoms with van der Waals surface area (Å²) in [4.78, 5) is 10.4. The Morgan fingerprint density at radius 1 is 1.10 bits per heavy atom. The largest absolute Gasteiger partial charge is 0.550 e. The quantitative estimate of drug-likeness (QED) is 0.407. The van der Waals surface area contributed by atoms with Crippen molar-refractivity contribution in [3.63, 3.8) is 0 Å². The summed E-state index contributed by atoms with van der Waals surface area (Å²) in [6.07, 6.45) is 3.04. The molecule has 1 saturated carbocycles. The van der Waals surface area contributed by atoms with Crippen molar-refractivity contribution in [1.82, 2.24) is 0 Å². The van der Waals surface area contributed by atoms with Crippen LogP contribution in [0.2, 0.25) is 0 Å². The summed E-state index contributed by atoms with van der Waals surface area (Å²) in [5, 5.41) is 41.1. The summed E-state index contributed by atoms with van der Waals surface area (Å²) < 4.78 is 13.6. The molecule has 1 aromatic carbocycles. The number of hydrogen-bond acceptors (Lipinski definition) is 5. The fourth-order valence-electron chi connectivity index (χ4n) is 4.13. The number of benzene rings is 1. The fraction of sp³-hybridized carbons (Fsp3) is 0.609. The molecule has 2 rings (SSSR count). The molecule has 0 spiro atoms. The molecule has 5 atom stereocenters. The zero-order chi connectivity index (χ0) is 21.2. The Kier molecular flexibility index (Phi) is 9.59. The first-order valence-electron chi connectivity index (χ1n) is 10.4. The Morgan fingerprint density at radius 2 is 1.76 bits per heavy atom. The maximum Gasteiger partial charge on any atom is 0.138 e. The molecule has 2 unspecified atom stereocenters. The number of aliphatic hydroxyl groups excluding tert-OH is 3. The highest BCUT2D eigenvalue weighted by Crippen LogP contribution is 2.39. The van der Waals surface area contributed by atoms with E-state index in [1.165, 1.54) is 6.07 Å². The van der Waals surface area contributed by atoms with E-state index in [0.717, 1.165) is 25.7 Å². The second-order valence-corrected chi connectivity index (χ2v) is 7.87. The number of aliphatic carboxylic acids is 1. The van der Waals surface area contributed by atoms with Crippen LogP contribution in [0.3, 0.4) is 0 Å². The number of carboxylic acid groups (broad SMARTS) is 1. The highest BCUT2D eigenvalue weighted by Gasteiger charge is 2.40. The van der Waals surface area contributed by atoms with Gasteiger partial charge in [0, 0.05) is 5.97 Å². The van der Waals surface area contributed by atoms with Crippen LogP contribution < -0.4 is 5.11 Å². The van der Waals surface area contributed by atoms with Crippen LogP contribution in [0.4, 0.5) is 4.39 Å². The zero-order valence-electron chi connectivity index (χ0n) is 16.6. The number of carbonyl (C=O) groups excluding carboxylic acids is 1. The molecule has 29 heavy (non-hydrogen) atoms. The number of carboxylic acids is 1. The van der Waals surface area contributed by atoms with Crippen molar-refractivity contribution in [3.8, 4) is 11.8 Å². The van der Waals surface area contributed by atoms with Gasteiger partial charge in [-0.25, -0.2) is 4.39 Å². The highest BCUT2D eigenvalue weighted by atomic mass is 19.1. The summed E-state index contributed by atoms with van der Waals surface area (Å²) in [5.41, 5.74) is 0.236. The normalized spacial score (nSPS) is 24.7. The Bertz CT molecular complexity index is 711. The molecule has 3 N–H and O–H groups in total. The van der Waals surface area contributed by atoms with E-state index >= 15 is 0 Å². The van der Waals surface area contributed by atoms with E-state index in [0.29, 0.717) is 25.7 Å². The van der Waals surface area contributed by atoms with Crippen molar-refractivity contribution in [2.45, 2.75) is 76.1 Å². The molecule has 160 valence electrons. The Morgan fingerprint density at radius 3 is 2.45 bits per heavy atom. The van der Waals surface area contributed by atoms with Gasteiger partial charge >= 0.3 is 0 Å². The van der Waals surface area contributed by atoms with Crippen LogP contribution in [0.25, 0.3) is 0 Å². The SMILES string of the molecule is O=C([O-])CCCCCCC1C(CC[C@@H](O)C#Cc2ccccc2F)[C@H](O)C[C@@H]1O. The number of hydrogen-bond donors (Lipinski definition) is 3. The second kappa shape index (κ2) is 11.9. The van der Waals surface area contributed by atoms with E-state index in [9.17, 15) is 29.6 Å². The Balaban J connectivity index is 1.79. The van der Waals surface area contributed by atoms with Gasteiger partial charge in [-0.3, -0.25) is 0 Å². The van der Waals surface area contributed by atoms with E-state index in [-0.39, 0.29) is 23.8 Å². The minimum atomic E-state index is -1.03. The first-order valence-corrected chi connectivity index (χ1v) is 10.4. The zero-order valence-corrected chi connectivity index (χ0v) is 16.6. The lowest BCUT2D eigenvalue weighted by atomic mass is 9.85. The summed E-state index contributed by atoms with van der Waals surface area (Å²) in [6, 6.07) is 6.12. The molecule has 0 aromatic heterocycles. The first kappa shape index (κ1) is 23.3. The van der Waals surface area contributed by atoms with Gasteiger partial charge in [-0.1, -0.05) is 43.2 Å². The molecule has 0 radical (unpaired) electrons. The van der Waals surface area contributed by atoms with Gasteiger partial charge in [-0.2, -0.15) is 0 Å². The average Bonchev–Trinajstić information content (AvgIpc) is 2.94. The molecule has 0 saturated heterocycles. The summed E-state index contributed by atoms with van der Waals surface area (Å²) in [7, 11) is 0. The van der Waals surface area contributed by atoms with Crippen molar-refractivity contribution in [2.75, 3.05) is 0 Å². The molecular weight excluding hydrogens is 375 g/mol. The van der Waals surface area contributed by atoms with Gasteiger partial charge in [-0.05, 0) is 62.5 Å². The van der Waals surface area contributed by atoms with Crippen LogP contribution in [-0.2, 0) is 4.79 Å². The standard InChI is InChI=1S/C23H31FO5/c24-20-9-6-5-7-16(20)11-12-17(25)13-14-19-18(21(26)15-22(19)27)8-3-1-2-4-10-23(28)29/h5-7,9,17-19,21-22,25-27H,1-4,8,10,13-15H2,(H,28,29)/p-1/t17-,18?,19?,21-,22+/m0/s1. The molecule has 1 fully saturated rings. The number of halogens is 1. The van der Waals surface area contributed by atoms with E-state index in [4.69, 9.17) is 0 Å². The maximum absolute atomic E-state index is 13.6. The van der Waals surface area contributed by atoms with E-state index in [1.54, 1.807) is 18.2 Å². The molecule has 6 heteroatoms. The molecule has 5 nitrogen and oxygen atoms in total.